The lowest BCUT2D eigenvalue weighted by molar-refractivity contribution is -0.123. The van der Waals surface area contributed by atoms with Gasteiger partial charge in [-0.1, -0.05) is 23.9 Å². The number of carboxylic acid groups (broad SMARTS) is 1. The lowest BCUT2D eigenvalue weighted by Gasteiger charge is -2.15. The maximum Gasteiger partial charge on any atom is 0.335 e. The van der Waals surface area contributed by atoms with E-state index in [1.807, 2.05) is 0 Å². The minimum Gasteiger partial charge on any atom is -0.478 e. The van der Waals surface area contributed by atoms with Gasteiger partial charge < -0.3 is 5.11 Å². The zero-order valence-corrected chi connectivity index (χ0v) is 14.7. The maximum atomic E-state index is 12.5. The van der Waals surface area contributed by atoms with Crippen LogP contribution in [0.2, 0.25) is 0 Å². The molecule has 2 heterocycles. The first-order chi connectivity index (χ1) is 12.5. The van der Waals surface area contributed by atoms with Crippen molar-refractivity contribution in [2.45, 2.75) is 0 Å². The van der Waals surface area contributed by atoms with E-state index in [2.05, 4.69) is 10.4 Å². The van der Waals surface area contributed by atoms with Crippen molar-refractivity contribution in [2.75, 3.05) is 0 Å². The van der Waals surface area contributed by atoms with E-state index in [0.717, 1.165) is 16.8 Å². The van der Waals surface area contributed by atoms with E-state index in [4.69, 9.17) is 17.3 Å². The molecule has 0 aliphatic carbocycles. The van der Waals surface area contributed by atoms with E-state index in [1.54, 1.807) is 18.2 Å². The molecule has 2 N–H and O–H groups in total. The number of amides is 2. The van der Waals surface area contributed by atoms with Crippen LogP contribution in [0.25, 0.3) is 6.08 Å². The second kappa shape index (κ2) is 7.46. The van der Waals surface area contributed by atoms with Gasteiger partial charge >= 0.3 is 5.97 Å². The van der Waals surface area contributed by atoms with Crippen LogP contribution in [-0.4, -0.2) is 37.2 Å². The van der Waals surface area contributed by atoms with Crippen LogP contribution in [0.4, 0.5) is 0 Å². The van der Waals surface area contributed by atoms with Gasteiger partial charge in [-0.15, -0.1) is 0 Å². The van der Waals surface area contributed by atoms with Crippen molar-refractivity contribution in [3.05, 3.63) is 70.4 Å². The first kappa shape index (κ1) is 17.8. The van der Waals surface area contributed by atoms with Crippen LogP contribution in [0.3, 0.4) is 0 Å². The Kier molecular flexibility index (Phi) is 5.10. The van der Waals surface area contributed by atoms with Crippen LogP contribution in [0.15, 0.2) is 53.7 Å². The molecule has 0 spiro atoms. The van der Waals surface area contributed by atoms with Crippen molar-refractivity contribution in [3.63, 3.8) is 0 Å². The molecule has 1 aromatic carbocycles. The largest absolute Gasteiger partial charge is 0.478 e. The van der Waals surface area contributed by atoms with Crippen LogP contribution in [0.1, 0.15) is 26.3 Å². The SMILES string of the molecule is O=C(O)c1ccc(/C=C2/SC(=S)N(NC(=O)c3ccncc3)C2=O)cc1. The highest BCUT2D eigenvalue weighted by Crippen LogP contribution is 2.31. The summed E-state index contributed by atoms with van der Waals surface area (Å²) < 4.78 is 0.200. The minimum absolute atomic E-state index is 0.152. The molecule has 1 fully saturated rings. The number of thioether (sulfide) groups is 1. The molecule has 0 radical (unpaired) electrons. The Bertz CT molecular complexity index is 927. The molecule has 1 aliphatic heterocycles. The number of pyridine rings is 1. The summed E-state index contributed by atoms with van der Waals surface area (Å²) in [6.45, 7) is 0. The molecule has 26 heavy (non-hydrogen) atoms. The number of hydrazine groups is 1. The fraction of sp³-hybridized carbons (Fsp3) is 0. The van der Waals surface area contributed by atoms with Gasteiger partial charge in [0.2, 0.25) is 0 Å². The fourth-order valence-corrected chi connectivity index (χ4v) is 3.29. The van der Waals surface area contributed by atoms with E-state index in [1.165, 1.54) is 36.7 Å². The molecule has 1 aliphatic rings. The number of thiocarbonyl (C=S) groups is 1. The number of carboxylic acids is 1. The Labute approximate surface area is 157 Å². The molecule has 0 unspecified atom stereocenters. The van der Waals surface area contributed by atoms with Gasteiger partial charge in [0.15, 0.2) is 4.32 Å². The fourth-order valence-electron chi connectivity index (χ4n) is 2.11. The van der Waals surface area contributed by atoms with E-state index in [-0.39, 0.29) is 9.88 Å². The summed E-state index contributed by atoms with van der Waals surface area (Å²) in [5.74, 6) is -1.96. The van der Waals surface area contributed by atoms with Gasteiger partial charge in [0, 0.05) is 18.0 Å². The highest BCUT2D eigenvalue weighted by atomic mass is 32.2. The molecule has 7 nitrogen and oxygen atoms in total. The average Bonchev–Trinajstić information content (AvgIpc) is 2.90. The Hall–Kier alpha value is -3.04. The van der Waals surface area contributed by atoms with Gasteiger partial charge in [-0.25, -0.2) is 4.79 Å². The molecule has 3 rings (SSSR count). The Balaban J connectivity index is 1.76. The van der Waals surface area contributed by atoms with Gasteiger partial charge in [-0.2, -0.15) is 5.01 Å². The predicted molar refractivity (Wildman–Crippen MR) is 100 cm³/mol. The van der Waals surface area contributed by atoms with Crippen LogP contribution in [-0.2, 0) is 4.79 Å². The smallest absolute Gasteiger partial charge is 0.335 e. The van der Waals surface area contributed by atoms with Crippen molar-refractivity contribution < 1.29 is 19.5 Å². The summed E-state index contributed by atoms with van der Waals surface area (Å²) in [5.41, 5.74) is 3.62. The van der Waals surface area contributed by atoms with Crippen molar-refractivity contribution >= 4 is 52.2 Å². The monoisotopic (exact) mass is 385 g/mol. The quantitative estimate of drug-likeness (QED) is 0.615. The number of aromatic carboxylic acids is 1. The molecule has 130 valence electrons. The van der Waals surface area contributed by atoms with Crippen LogP contribution < -0.4 is 5.43 Å². The molecule has 0 saturated carbocycles. The summed E-state index contributed by atoms with van der Waals surface area (Å²) in [6.07, 6.45) is 4.53. The van der Waals surface area contributed by atoms with Gasteiger partial charge in [0.1, 0.15) is 0 Å². The van der Waals surface area contributed by atoms with Crippen molar-refractivity contribution in [3.8, 4) is 0 Å². The van der Waals surface area contributed by atoms with E-state index in [0.29, 0.717) is 16.0 Å². The summed E-state index contributed by atoms with van der Waals surface area (Å²) in [4.78, 5) is 39.7. The van der Waals surface area contributed by atoms with Crippen LogP contribution in [0, 0.1) is 0 Å². The van der Waals surface area contributed by atoms with Gasteiger partial charge in [0.05, 0.1) is 10.5 Å². The summed E-state index contributed by atoms with van der Waals surface area (Å²) in [6, 6.07) is 9.11. The number of rotatable bonds is 4. The number of hydrogen-bond acceptors (Lipinski definition) is 6. The standard InChI is InChI=1S/C17H11N3O4S2/c21-14(11-5-7-18-8-6-11)19-20-15(22)13(26-17(20)25)9-10-1-3-12(4-2-10)16(23)24/h1-9H,(H,19,21)(H,23,24)/b13-9+. The second-order valence-corrected chi connectivity index (χ2v) is 6.80. The second-order valence-electron chi connectivity index (χ2n) is 5.12. The van der Waals surface area contributed by atoms with E-state index in [9.17, 15) is 14.4 Å². The van der Waals surface area contributed by atoms with Crippen molar-refractivity contribution in [1.82, 2.24) is 15.4 Å². The number of carbonyl (C=O) groups excluding carboxylic acids is 2. The lowest BCUT2D eigenvalue weighted by atomic mass is 10.1. The molecule has 1 saturated heterocycles. The first-order valence-corrected chi connectivity index (χ1v) is 8.50. The Morgan fingerprint density at radius 3 is 2.38 bits per heavy atom. The average molecular weight is 385 g/mol. The van der Waals surface area contributed by atoms with Crippen LogP contribution in [0.5, 0.6) is 0 Å². The first-order valence-electron chi connectivity index (χ1n) is 7.28. The normalized spacial score (nSPS) is 15.4. The predicted octanol–water partition coefficient (Wildman–Crippen LogP) is 2.33. The Morgan fingerprint density at radius 2 is 1.77 bits per heavy atom. The highest BCUT2D eigenvalue weighted by Gasteiger charge is 2.33. The molecule has 9 heteroatoms. The highest BCUT2D eigenvalue weighted by molar-refractivity contribution is 8.26. The molecular formula is C17H11N3O4S2. The van der Waals surface area contributed by atoms with Gasteiger partial charge in [-0.3, -0.25) is 20.0 Å². The molecule has 1 aromatic heterocycles. The Morgan fingerprint density at radius 1 is 1.12 bits per heavy atom. The van der Waals surface area contributed by atoms with E-state index >= 15 is 0 Å². The van der Waals surface area contributed by atoms with Crippen molar-refractivity contribution in [1.29, 1.82) is 0 Å². The van der Waals surface area contributed by atoms with Crippen LogP contribution >= 0.6 is 24.0 Å². The zero-order valence-electron chi connectivity index (χ0n) is 13.1. The molecule has 0 bridgehead atoms. The number of benzene rings is 1. The third-order valence-corrected chi connectivity index (χ3v) is 4.71. The number of nitrogens with one attached hydrogen (secondary N) is 1. The van der Waals surface area contributed by atoms with Gasteiger partial charge in [-0.05, 0) is 48.1 Å². The molecule has 0 atom stereocenters. The summed E-state index contributed by atoms with van der Waals surface area (Å²) >= 11 is 6.21. The summed E-state index contributed by atoms with van der Waals surface area (Å²) in [5, 5.41) is 9.92. The topological polar surface area (TPSA) is 99.6 Å². The summed E-state index contributed by atoms with van der Waals surface area (Å²) in [7, 11) is 0. The number of hydrogen-bond donors (Lipinski definition) is 2. The zero-order chi connectivity index (χ0) is 18.7. The lowest BCUT2D eigenvalue weighted by Crippen LogP contribution is -2.44. The van der Waals surface area contributed by atoms with E-state index < -0.39 is 17.8 Å². The third-order valence-electron chi connectivity index (χ3n) is 3.40. The number of nitrogens with zero attached hydrogens (tertiary/aromatic N) is 2. The maximum absolute atomic E-state index is 12.5. The minimum atomic E-state index is -1.03. The number of carbonyl (C=O) groups is 3. The van der Waals surface area contributed by atoms with Gasteiger partial charge in [0.25, 0.3) is 11.8 Å². The number of aromatic nitrogens is 1. The molecular weight excluding hydrogens is 374 g/mol. The molecule has 2 amide bonds. The van der Waals surface area contributed by atoms with Crippen molar-refractivity contribution in [2.24, 2.45) is 0 Å². The molecule has 2 aromatic rings. The third kappa shape index (κ3) is 3.79.